The van der Waals surface area contributed by atoms with Gasteiger partial charge < -0.3 is 15.8 Å². The zero-order valence-electron chi connectivity index (χ0n) is 9.75. The van der Waals surface area contributed by atoms with Crippen molar-refractivity contribution < 1.29 is 9.53 Å². The monoisotopic (exact) mass is 222 g/mol. The third-order valence-corrected chi connectivity index (χ3v) is 2.13. The fourth-order valence-corrected chi connectivity index (χ4v) is 1.31. The van der Waals surface area contributed by atoms with E-state index in [0.29, 0.717) is 31.0 Å². The first-order valence-electron chi connectivity index (χ1n) is 5.39. The molecule has 88 valence electrons. The van der Waals surface area contributed by atoms with Gasteiger partial charge in [-0.3, -0.25) is 4.79 Å². The van der Waals surface area contributed by atoms with Crippen molar-refractivity contribution in [2.24, 2.45) is 0 Å². The summed E-state index contributed by atoms with van der Waals surface area (Å²) in [6, 6.07) is 5.59. The Bertz CT molecular complexity index is 364. The number of anilines is 1. The number of nitrogen functional groups attached to an aromatic ring is 1. The van der Waals surface area contributed by atoms with E-state index in [0.717, 1.165) is 5.56 Å². The maximum Gasteiger partial charge on any atom is 0.223 e. The maximum atomic E-state index is 11.2. The molecule has 4 heteroatoms. The molecule has 0 radical (unpaired) electrons. The number of hydrogen-bond donors (Lipinski definition) is 2. The van der Waals surface area contributed by atoms with Crippen LogP contribution in [0.2, 0.25) is 0 Å². The fourth-order valence-electron chi connectivity index (χ4n) is 1.31. The van der Waals surface area contributed by atoms with Crippen molar-refractivity contribution in [1.82, 2.24) is 5.32 Å². The first-order chi connectivity index (χ1) is 7.63. The highest BCUT2D eigenvalue weighted by Gasteiger charge is 2.03. The number of amides is 1. The standard InChI is InChI=1S/C12H18N2O2/c1-3-14-12(15)6-7-16-11-8-9(2)4-5-10(11)13/h4-5,8H,3,6-7,13H2,1-2H3,(H,14,15). The minimum atomic E-state index is -0.00581. The Kier molecular flexibility index (Phi) is 4.64. The van der Waals surface area contributed by atoms with E-state index in [-0.39, 0.29) is 5.91 Å². The molecule has 0 bridgehead atoms. The lowest BCUT2D eigenvalue weighted by atomic mass is 10.2. The Balaban J connectivity index is 2.42. The van der Waals surface area contributed by atoms with Gasteiger partial charge >= 0.3 is 0 Å². The Labute approximate surface area is 95.8 Å². The summed E-state index contributed by atoms with van der Waals surface area (Å²) in [4.78, 5) is 11.2. The molecule has 0 atom stereocenters. The van der Waals surface area contributed by atoms with Gasteiger partial charge in [0.1, 0.15) is 5.75 Å². The number of hydrogen-bond acceptors (Lipinski definition) is 3. The average Bonchev–Trinajstić information content (AvgIpc) is 2.23. The summed E-state index contributed by atoms with van der Waals surface area (Å²) >= 11 is 0. The van der Waals surface area contributed by atoms with E-state index in [2.05, 4.69) is 5.32 Å². The molecule has 0 fully saturated rings. The molecular formula is C12H18N2O2. The van der Waals surface area contributed by atoms with Crippen molar-refractivity contribution in [3.05, 3.63) is 23.8 Å². The predicted octanol–water partition coefficient (Wildman–Crippen LogP) is 1.48. The van der Waals surface area contributed by atoms with Gasteiger partial charge in [-0.25, -0.2) is 0 Å². The van der Waals surface area contributed by atoms with Crippen LogP contribution in [-0.2, 0) is 4.79 Å². The summed E-state index contributed by atoms with van der Waals surface area (Å²) < 4.78 is 5.45. The molecule has 3 N–H and O–H groups in total. The van der Waals surface area contributed by atoms with Gasteiger partial charge in [-0.05, 0) is 31.5 Å². The van der Waals surface area contributed by atoms with Gasteiger partial charge in [0, 0.05) is 6.54 Å². The van der Waals surface area contributed by atoms with Crippen LogP contribution in [0.15, 0.2) is 18.2 Å². The molecule has 0 heterocycles. The van der Waals surface area contributed by atoms with Gasteiger partial charge in [-0.2, -0.15) is 0 Å². The van der Waals surface area contributed by atoms with Crippen molar-refractivity contribution >= 4 is 11.6 Å². The number of carbonyl (C=O) groups is 1. The zero-order chi connectivity index (χ0) is 12.0. The minimum absolute atomic E-state index is 0.00581. The molecule has 1 amide bonds. The lowest BCUT2D eigenvalue weighted by Crippen LogP contribution is -2.24. The summed E-state index contributed by atoms with van der Waals surface area (Å²) in [7, 11) is 0. The Morgan fingerprint density at radius 2 is 2.25 bits per heavy atom. The van der Waals surface area contributed by atoms with Gasteiger partial charge in [-0.15, -0.1) is 0 Å². The molecule has 1 aromatic carbocycles. The second-order valence-electron chi connectivity index (χ2n) is 3.59. The van der Waals surface area contributed by atoms with Crippen LogP contribution >= 0.6 is 0 Å². The van der Waals surface area contributed by atoms with E-state index in [1.165, 1.54) is 0 Å². The summed E-state index contributed by atoms with van der Waals surface area (Å²) in [6.07, 6.45) is 0.348. The van der Waals surface area contributed by atoms with Gasteiger partial charge in [0.25, 0.3) is 0 Å². The highest BCUT2D eigenvalue weighted by Crippen LogP contribution is 2.22. The molecule has 0 aliphatic carbocycles. The lowest BCUT2D eigenvalue weighted by molar-refractivity contribution is -0.121. The van der Waals surface area contributed by atoms with E-state index < -0.39 is 0 Å². The van der Waals surface area contributed by atoms with E-state index in [1.807, 2.05) is 26.0 Å². The predicted molar refractivity (Wildman–Crippen MR) is 64.4 cm³/mol. The zero-order valence-corrected chi connectivity index (χ0v) is 9.75. The smallest absolute Gasteiger partial charge is 0.223 e. The second kappa shape index (κ2) is 6.00. The fraction of sp³-hybridized carbons (Fsp3) is 0.417. The number of benzene rings is 1. The minimum Gasteiger partial charge on any atom is -0.491 e. The van der Waals surface area contributed by atoms with Crippen LogP contribution in [0.3, 0.4) is 0 Å². The molecule has 0 aromatic heterocycles. The summed E-state index contributed by atoms with van der Waals surface area (Å²) in [5, 5.41) is 2.71. The average molecular weight is 222 g/mol. The normalized spacial score (nSPS) is 9.88. The van der Waals surface area contributed by atoms with E-state index in [1.54, 1.807) is 6.07 Å². The van der Waals surface area contributed by atoms with Crippen LogP contribution < -0.4 is 15.8 Å². The van der Waals surface area contributed by atoms with Crippen LogP contribution in [0, 0.1) is 6.92 Å². The molecule has 0 saturated carbocycles. The van der Waals surface area contributed by atoms with Crippen LogP contribution in [0.4, 0.5) is 5.69 Å². The Morgan fingerprint density at radius 3 is 2.94 bits per heavy atom. The number of carbonyl (C=O) groups excluding carboxylic acids is 1. The van der Waals surface area contributed by atoms with Crippen LogP contribution in [0.25, 0.3) is 0 Å². The van der Waals surface area contributed by atoms with Gasteiger partial charge in [-0.1, -0.05) is 6.07 Å². The highest BCUT2D eigenvalue weighted by molar-refractivity contribution is 5.75. The van der Waals surface area contributed by atoms with Crippen molar-refractivity contribution in [2.75, 3.05) is 18.9 Å². The molecule has 0 saturated heterocycles. The largest absolute Gasteiger partial charge is 0.491 e. The first-order valence-corrected chi connectivity index (χ1v) is 5.39. The molecule has 1 rings (SSSR count). The molecule has 0 aliphatic heterocycles. The Morgan fingerprint density at radius 1 is 1.50 bits per heavy atom. The van der Waals surface area contributed by atoms with Crippen molar-refractivity contribution in [3.8, 4) is 5.75 Å². The highest BCUT2D eigenvalue weighted by atomic mass is 16.5. The number of nitrogens with two attached hydrogens (primary N) is 1. The van der Waals surface area contributed by atoms with Gasteiger partial charge in [0.15, 0.2) is 0 Å². The topological polar surface area (TPSA) is 64.3 Å². The Hall–Kier alpha value is -1.71. The van der Waals surface area contributed by atoms with E-state index in [4.69, 9.17) is 10.5 Å². The first kappa shape index (κ1) is 12.4. The SMILES string of the molecule is CCNC(=O)CCOc1cc(C)ccc1N. The van der Waals surface area contributed by atoms with Gasteiger partial charge in [0.05, 0.1) is 18.7 Å². The van der Waals surface area contributed by atoms with Crippen molar-refractivity contribution in [2.45, 2.75) is 20.3 Å². The summed E-state index contributed by atoms with van der Waals surface area (Å²) in [5.41, 5.74) is 7.42. The van der Waals surface area contributed by atoms with Crippen molar-refractivity contribution in [3.63, 3.8) is 0 Å². The molecule has 4 nitrogen and oxygen atoms in total. The molecule has 16 heavy (non-hydrogen) atoms. The molecule has 0 aliphatic rings. The molecule has 0 spiro atoms. The second-order valence-corrected chi connectivity index (χ2v) is 3.59. The number of rotatable bonds is 5. The third kappa shape index (κ3) is 3.81. The van der Waals surface area contributed by atoms with Gasteiger partial charge in [0.2, 0.25) is 5.91 Å². The molecular weight excluding hydrogens is 204 g/mol. The number of aryl methyl sites for hydroxylation is 1. The van der Waals surface area contributed by atoms with Crippen LogP contribution in [0.5, 0.6) is 5.75 Å². The number of ether oxygens (including phenoxy) is 1. The summed E-state index contributed by atoms with van der Waals surface area (Å²) in [5.74, 6) is 0.637. The van der Waals surface area contributed by atoms with Crippen LogP contribution in [-0.4, -0.2) is 19.1 Å². The van der Waals surface area contributed by atoms with E-state index in [9.17, 15) is 4.79 Å². The summed E-state index contributed by atoms with van der Waals surface area (Å²) in [6.45, 7) is 4.85. The lowest BCUT2D eigenvalue weighted by Gasteiger charge is -2.09. The number of nitrogens with one attached hydrogen (secondary N) is 1. The maximum absolute atomic E-state index is 11.2. The van der Waals surface area contributed by atoms with Crippen LogP contribution in [0.1, 0.15) is 18.9 Å². The molecule has 1 aromatic rings. The van der Waals surface area contributed by atoms with Crippen molar-refractivity contribution in [1.29, 1.82) is 0 Å². The quantitative estimate of drug-likeness (QED) is 0.742. The van der Waals surface area contributed by atoms with E-state index >= 15 is 0 Å². The third-order valence-electron chi connectivity index (χ3n) is 2.13. The molecule has 0 unspecified atom stereocenters.